The van der Waals surface area contributed by atoms with Gasteiger partial charge in [0.25, 0.3) is 5.56 Å². The highest BCUT2D eigenvalue weighted by Crippen LogP contribution is 2.34. The Morgan fingerprint density at radius 1 is 1.24 bits per heavy atom. The fraction of sp³-hybridized carbons (Fsp3) is 0.429. The lowest BCUT2D eigenvalue weighted by molar-refractivity contribution is -0.116. The number of hydrogen-bond acceptors (Lipinski definition) is 5. The highest BCUT2D eigenvalue weighted by molar-refractivity contribution is 7.99. The van der Waals surface area contributed by atoms with E-state index < -0.39 is 0 Å². The van der Waals surface area contributed by atoms with Gasteiger partial charge >= 0.3 is 0 Å². The maximum absolute atomic E-state index is 13.1. The topological polar surface area (TPSA) is 81.8 Å². The first-order valence-corrected chi connectivity index (χ1v) is 10.6. The van der Waals surface area contributed by atoms with Crippen LogP contribution in [0.15, 0.2) is 34.3 Å². The van der Waals surface area contributed by atoms with Gasteiger partial charge in [0.05, 0.1) is 17.8 Å². The van der Waals surface area contributed by atoms with E-state index in [0.29, 0.717) is 21.9 Å². The second-order valence-corrected chi connectivity index (χ2v) is 9.61. The second-order valence-electron chi connectivity index (χ2n) is 8.63. The predicted octanol–water partition coefficient (Wildman–Crippen LogP) is 3.64. The Morgan fingerprint density at radius 3 is 2.59 bits per heavy atom. The molecule has 0 saturated carbocycles. The number of carbonyl (C=O) groups is 1. The lowest BCUT2D eigenvalue weighted by Crippen LogP contribution is -2.29. The van der Waals surface area contributed by atoms with Gasteiger partial charge in [-0.1, -0.05) is 17.8 Å². The number of aromatic nitrogens is 4. The maximum atomic E-state index is 13.1. The third-order valence-corrected chi connectivity index (χ3v) is 6.03. The average Bonchev–Trinajstić information content (AvgIpc) is 3.18. The van der Waals surface area contributed by atoms with Crippen molar-refractivity contribution in [3.63, 3.8) is 0 Å². The quantitative estimate of drug-likeness (QED) is 0.666. The first-order valence-electron chi connectivity index (χ1n) is 9.65. The molecule has 3 aromatic rings. The fourth-order valence-corrected chi connectivity index (χ4v) is 4.88. The zero-order chi connectivity index (χ0) is 20.9. The highest BCUT2D eigenvalue weighted by atomic mass is 32.2. The number of fused-ring (bicyclic) bond motifs is 2. The summed E-state index contributed by atoms with van der Waals surface area (Å²) in [4.78, 5) is 30.5. The molecule has 0 spiro atoms. The molecule has 152 valence electrons. The van der Waals surface area contributed by atoms with Crippen LogP contribution < -0.4 is 10.9 Å². The molecule has 8 heteroatoms. The van der Waals surface area contributed by atoms with E-state index in [2.05, 4.69) is 16.5 Å². The summed E-state index contributed by atoms with van der Waals surface area (Å²) in [6.45, 7) is 10.1. The largest absolute Gasteiger partial charge is 0.326 e. The third-order valence-electron chi connectivity index (χ3n) is 4.93. The number of carbonyl (C=O) groups excluding carboxylic acids is 1. The smallest absolute Gasteiger partial charge is 0.265 e. The summed E-state index contributed by atoms with van der Waals surface area (Å²) in [6.07, 6.45) is 1.81. The van der Waals surface area contributed by atoms with Crippen LogP contribution in [0.4, 0.5) is 5.69 Å². The molecule has 29 heavy (non-hydrogen) atoms. The van der Waals surface area contributed by atoms with Gasteiger partial charge in [-0.05, 0) is 57.9 Å². The molecule has 2 aromatic heterocycles. The molecule has 1 aliphatic rings. The van der Waals surface area contributed by atoms with Gasteiger partial charge in [-0.15, -0.1) is 0 Å². The van der Waals surface area contributed by atoms with Crippen molar-refractivity contribution in [1.29, 1.82) is 0 Å². The van der Waals surface area contributed by atoms with Crippen LogP contribution in [-0.4, -0.2) is 31.0 Å². The summed E-state index contributed by atoms with van der Waals surface area (Å²) in [5.74, 6) is 0.545. The Balaban J connectivity index is 1.61. The van der Waals surface area contributed by atoms with Crippen LogP contribution >= 0.6 is 11.8 Å². The van der Waals surface area contributed by atoms with E-state index in [1.165, 1.54) is 11.8 Å². The summed E-state index contributed by atoms with van der Waals surface area (Å²) >= 11 is 1.51. The number of aryl methyl sites for hydroxylation is 2. The van der Waals surface area contributed by atoms with Crippen molar-refractivity contribution >= 4 is 34.4 Å². The monoisotopic (exact) mass is 411 g/mol. The highest BCUT2D eigenvalue weighted by Gasteiger charge is 2.30. The maximum Gasteiger partial charge on any atom is 0.265 e. The zero-order valence-electron chi connectivity index (χ0n) is 17.3. The molecule has 1 unspecified atom stereocenters. The molecule has 1 N–H and O–H groups in total. The normalized spacial score (nSPS) is 16.2. The standard InChI is InChI=1S/C21H25N5O2S/c1-12-6-13(2)8-14(7-12)23-17(27)9-15-11-29-20-24-18-16(19(28)25(15)20)10-22-26(18)21(3,4)5/h6-8,10,15H,9,11H2,1-5H3,(H,23,27). The summed E-state index contributed by atoms with van der Waals surface area (Å²) in [7, 11) is 0. The Labute approximate surface area is 173 Å². The molecule has 0 aliphatic carbocycles. The van der Waals surface area contributed by atoms with Gasteiger partial charge in [-0.2, -0.15) is 5.10 Å². The summed E-state index contributed by atoms with van der Waals surface area (Å²) in [5.41, 5.74) is 3.18. The lowest BCUT2D eigenvalue weighted by atomic mass is 10.1. The van der Waals surface area contributed by atoms with Crippen LogP contribution in [0, 0.1) is 13.8 Å². The van der Waals surface area contributed by atoms with Crippen LogP contribution in [-0.2, 0) is 10.3 Å². The van der Waals surface area contributed by atoms with Gasteiger partial charge in [-0.25, -0.2) is 9.67 Å². The molecule has 3 heterocycles. The van der Waals surface area contributed by atoms with E-state index in [0.717, 1.165) is 16.8 Å². The van der Waals surface area contributed by atoms with Crippen LogP contribution in [0.5, 0.6) is 0 Å². The van der Waals surface area contributed by atoms with Crippen LogP contribution in [0.2, 0.25) is 0 Å². The Kier molecular flexibility index (Phi) is 4.77. The van der Waals surface area contributed by atoms with Gasteiger partial charge in [0.15, 0.2) is 10.8 Å². The minimum Gasteiger partial charge on any atom is -0.326 e. The van der Waals surface area contributed by atoms with Crippen molar-refractivity contribution < 1.29 is 4.79 Å². The molecule has 1 aromatic carbocycles. The molecule has 1 atom stereocenters. The number of hydrogen-bond donors (Lipinski definition) is 1. The van der Waals surface area contributed by atoms with Crippen molar-refractivity contribution in [2.24, 2.45) is 0 Å². The minimum atomic E-state index is -0.269. The van der Waals surface area contributed by atoms with E-state index in [1.54, 1.807) is 15.4 Å². The molecule has 4 rings (SSSR count). The molecule has 1 amide bonds. The first kappa shape index (κ1) is 19.7. The zero-order valence-corrected chi connectivity index (χ0v) is 18.1. The van der Waals surface area contributed by atoms with E-state index >= 15 is 0 Å². The van der Waals surface area contributed by atoms with Gasteiger partial charge in [-0.3, -0.25) is 14.2 Å². The van der Waals surface area contributed by atoms with Crippen LogP contribution in [0.25, 0.3) is 11.0 Å². The number of nitrogens with zero attached hydrogens (tertiary/aromatic N) is 4. The van der Waals surface area contributed by atoms with E-state index in [4.69, 9.17) is 4.98 Å². The number of thioether (sulfide) groups is 1. The number of nitrogens with one attached hydrogen (secondary N) is 1. The summed E-state index contributed by atoms with van der Waals surface area (Å²) in [5, 5.41) is 8.48. The van der Waals surface area contributed by atoms with E-state index in [9.17, 15) is 9.59 Å². The average molecular weight is 412 g/mol. The van der Waals surface area contributed by atoms with Crippen molar-refractivity contribution in [3.8, 4) is 0 Å². The molecule has 0 fully saturated rings. The number of benzene rings is 1. The van der Waals surface area contributed by atoms with E-state index in [-0.39, 0.29) is 29.5 Å². The van der Waals surface area contributed by atoms with Crippen molar-refractivity contribution in [2.75, 3.05) is 11.1 Å². The van der Waals surface area contributed by atoms with Gasteiger partial charge in [0.2, 0.25) is 5.91 Å². The van der Waals surface area contributed by atoms with Gasteiger partial charge < -0.3 is 5.32 Å². The molecule has 0 saturated heterocycles. The van der Waals surface area contributed by atoms with E-state index in [1.807, 2.05) is 46.8 Å². The fourth-order valence-electron chi connectivity index (χ4n) is 3.74. The van der Waals surface area contributed by atoms with Gasteiger partial charge in [0.1, 0.15) is 5.39 Å². The summed E-state index contributed by atoms with van der Waals surface area (Å²) in [6, 6.07) is 5.73. The molecule has 7 nitrogen and oxygen atoms in total. The Hall–Kier alpha value is -2.61. The van der Waals surface area contributed by atoms with Crippen molar-refractivity contribution in [3.05, 3.63) is 45.9 Å². The summed E-state index contributed by atoms with van der Waals surface area (Å²) < 4.78 is 3.44. The number of rotatable bonds is 3. The molecule has 0 radical (unpaired) electrons. The molecular weight excluding hydrogens is 386 g/mol. The Bertz CT molecular complexity index is 1150. The van der Waals surface area contributed by atoms with Gasteiger partial charge in [0, 0.05) is 17.9 Å². The first-order chi connectivity index (χ1) is 13.6. The predicted molar refractivity (Wildman–Crippen MR) is 116 cm³/mol. The van der Waals surface area contributed by atoms with Crippen molar-refractivity contribution in [2.45, 2.75) is 57.8 Å². The SMILES string of the molecule is Cc1cc(C)cc(NC(=O)CC2CSc3nc4c(cnn4C(C)(C)C)c(=O)n32)c1. The van der Waals surface area contributed by atoms with Crippen LogP contribution in [0.1, 0.15) is 44.4 Å². The Morgan fingerprint density at radius 2 is 1.93 bits per heavy atom. The third kappa shape index (κ3) is 3.69. The minimum absolute atomic E-state index is 0.106. The molecule has 0 bridgehead atoms. The molecular formula is C21H25N5O2S. The molecule has 1 aliphatic heterocycles. The second kappa shape index (κ2) is 7.02. The van der Waals surface area contributed by atoms with Crippen molar-refractivity contribution in [1.82, 2.24) is 19.3 Å². The van der Waals surface area contributed by atoms with Crippen LogP contribution in [0.3, 0.4) is 0 Å². The lowest BCUT2D eigenvalue weighted by Gasteiger charge is -2.20. The number of anilines is 1. The number of amides is 1.